The molecular weight excluding hydrogens is 1900 g/mol. The fourth-order valence-corrected chi connectivity index (χ4v) is 17.4. The molecule has 1 fully saturated rings. The van der Waals surface area contributed by atoms with Crippen molar-refractivity contribution in [2.75, 3.05) is 265 Å². The quantitative estimate of drug-likeness (QED) is 0.0236. The average Bonchev–Trinajstić information content (AvgIpc) is 1.52. The number of carbonyl (C=O) groups excluding carboxylic acids is 9. The lowest BCUT2D eigenvalue weighted by molar-refractivity contribution is -0.149. The highest BCUT2D eigenvalue weighted by Gasteiger charge is 2.44. The zero-order valence-corrected chi connectivity index (χ0v) is 90.8. The van der Waals surface area contributed by atoms with Gasteiger partial charge in [0.15, 0.2) is 11.6 Å². The van der Waals surface area contributed by atoms with Gasteiger partial charge in [0.2, 0.25) is 29.5 Å². The molecule has 0 unspecified atom stereocenters. The first-order valence-corrected chi connectivity index (χ1v) is 54.0. The summed E-state index contributed by atoms with van der Waals surface area (Å²) in [6.07, 6.45) is 7.41. The van der Waals surface area contributed by atoms with Crippen LogP contribution in [0.15, 0.2) is 72.8 Å². The van der Waals surface area contributed by atoms with Gasteiger partial charge in [0.25, 0.3) is 0 Å². The van der Waals surface area contributed by atoms with Crippen LogP contribution in [-0.4, -0.2) is 379 Å². The van der Waals surface area contributed by atoms with Gasteiger partial charge in [0.05, 0.1) is 269 Å². The molecule has 6 amide bonds. The molecule has 2 heterocycles. The number of rotatable bonds is 85. The number of methoxy groups -OCH3 is 4. The minimum absolute atomic E-state index is 0.00155. The predicted molar refractivity (Wildman–Crippen MR) is 556 cm³/mol. The smallest absolute Gasteiger partial charge is 0.409 e. The van der Waals surface area contributed by atoms with Gasteiger partial charge < -0.3 is 121 Å². The van der Waals surface area contributed by atoms with Crippen LogP contribution in [0.5, 0.6) is 0 Å². The number of fused-ring (bicyclic) bond motifs is 1. The maximum absolute atomic E-state index is 14.4. The van der Waals surface area contributed by atoms with E-state index in [0.717, 1.165) is 52.3 Å². The number of aryl methyl sites for hydroxylation is 1. The van der Waals surface area contributed by atoms with Crippen molar-refractivity contribution in [1.82, 2.24) is 35.3 Å². The molecule has 144 heavy (non-hydrogen) atoms. The van der Waals surface area contributed by atoms with Crippen LogP contribution < -0.4 is 16.0 Å². The molecule has 818 valence electrons. The maximum Gasteiger partial charge on any atom is 0.409 e. The average molecular weight is 2070 g/mol. The number of nitrogens with one attached hydrogen (secondary N) is 3. The summed E-state index contributed by atoms with van der Waals surface area (Å²) in [6, 6.07) is 20.2. The largest absolute Gasteiger partial charge is 0.453 e. The molecule has 5 rings (SSSR count). The first kappa shape index (κ1) is 129. The molecule has 3 aromatic carbocycles. The van der Waals surface area contributed by atoms with Crippen molar-refractivity contribution >= 4 is 93.2 Å². The first-order chi connectivity index (χ1) is 69.6. The highest BCUT2D eigenvalue weighted by atomic mass is 32.2. The van der Waals surface area contributed by atoms with Gasteiger partial charge in [-0.1, -0.05) is 111 Å². The molecule has 38 heteroatoms. The molecule has 1 aliphatic rings. The molecule has 4 N–H and O–H groups in total. The standard InChI is InChI=1S/C64H104N4O19S2.C42H70N4O9/c1-5-53-11-14-56(15-12-53)66-64(72)55(49-57(69)17-21-75-26-25-74-20-8-10-62(70)54-13-16-58-59(50-54)68-61(52-89-4)60(67-58)51-88-3)9-6-7-19-65-63(71)18-22-76-27-28-78-31-32-80-35-36-82-39-40-84-43-44-86-47-48-87-46-45-85-42-41-83-38-37-81-34-33-79-30-29-77-24-23-73-2;1-14-27(6)37(44(9)41(51)31(25(2)3)23-33(47)36(26(4)5)45(10)42(52)55-13)34(53-11)24-35(48)46-22-18-21-32(46)39(54-12)28(7)40(50)43-29(8)38(49)30-19-16-15-17-20-30/h11-16,50,55H,5-10,17-49,51-52H2,1-4H3,(H,65,71)(H,66,72);15-17,19-20,25-29,31-32,34,36-39,49H,14,18,21-24H2,1-13H3,(H,43,50)/t55-;27-,28+,29+,31-,32-,34+,36-,37-,38+,39+/m10/s1. The highest BCUT2D eigenvalue weighted by Crippen LogP contribution is 2.33. The fraction of sp³-hybridized carbons (Fsp3) is 0.726. The van der Waals surface area contributed by atoms with E-state index in [1.54, 1.807) is 75.5 Å². The zero-order chi connectivity index (χ0) is 105. The Morgan fingerprint density at radius 2 is 1.01 bits per heavy atom. The number of amides is 6. The number of ketones is 3. The van der Waals surface area contributed by atoms with Crippen molar-refractivity contribution in [2.45, 2.75) is 206 Å². The Hall–Kier alpha value is -7.39. The van der Waals surface area contributed by atoms with E-state index in [4.69, 9.17) is 95.2 Å². The number of nitrogens with zero attached hydrogens (tertiary/aromatic N) is 5. The monoisotopic (exact) mass is 2070 g/mol. The molecule has 4 aromatic rings. The summed E-state index contributed by atoms with van der Waals surface area (Å²) in [4.78, 5) is 135. The second-order valence-electron chi connectivity index (χ2n) is 36.1. The number of ether oxygens (including phenoxy) is 18. The summed E-state index contributed by atoms with van der Waals surface area (Å²) in [5, 5.41) is 19.7. The van der Waals surface area contributed by atoms with Crippen molar-refractivity contribution in [3.8, 4) is 0 Å². The van der Waals surface area contributed by atoms with Crippen LogP contribution in [0.3, 0.4) is 0 Å². The van der Waals surface area contributed by atoms with E-state index in [1.807, 2.05) is 127 Å². The van der Waals surface area contributed by atoms with Crippen LogP contribution in [0.25, 0.3) is 11.0 Å². The minimum atomic E-state index is -0.890. The SMILES string of the molecule is CC[C@H](C)[C@@H]([C@@H](CC(=O)N1CCC[C@H]1[C@H](OC)[C@@H](C)C(=O)N[C@H](C)[C@@H](O)c1ccccc1)OC)N(C)C(=O)[C@@H](CC(=O)[C@H](C(C)C)N(C)C(=O)OC)C(C)C.CCc1ccc(NC(=O)[C@H](CCCCNC(=O)CCOCCOCCOCCOCCOCCOCCOCCOCCOCCOCCOCCOCCOC)CC(=O)CCOCCOCCCC(=O)c2ccc3nc(CSC)c(CSC)nc3c2)cc1. The van der Waals surface area contributed by atoms with Gasteiger partial charge in [-0.05, 0) is 117 Å². The number of benzene rings is 3. The minimum Gasteiger partial charge on any atom is -0.453 e. The second-order valence-corrected chi connectivity index (χ2v) is 37.9. The number of hydrogen-bond acceptors (Lipinski definition) is 32. The van der Waals surface area contributed by atoms with E-state index in [0.29, 0.717) is 253 Å². The Labute approximate surface area is 865 Å². The van der Waals surface area contributed by atoms with Crippen molar-refractivity contribution in [1.29, 1.82) is 0 Å². The number of anilines is 1. The first-order valence-electron chi connectivity index (χ1n) is 51.2. The van der Waals surface area contributed by atoms with Crippen molar-refractivity contribution in [3.05, 3.63) is 101 Å². The molecule has 0 aliphatic carbocycles. The molecule has 0 spiro atoms. The van der Waals surface area contributed by atoms with E-state index in [1.165, 1.54) is 19.1 Å². The van der Waals surface area contributed by atoms with E-state index in [-0.39, 0.29) is 116 Å². The van der Waals surface area contributed by atoms with Gasteiger partial charge in [-0.25, -0.2) is 14.8 Å². The van der Waals surface area contributed by atoms with E-state index < -0.39 is 60.3 Å². The number of thioether (sulfide) groups is 2. The number of aliphatic hydroxyl groups excluding tert-OH is 1. The Bertz CT molecular complexity index is 4140. The lowest BCUT2D eigenvalue weighted by Crippen LogP contribution is -2.55. The Kier molecular flexibility index (Phi) is 71.3. The Morgan fingerprint density at radius 1 is 0.521 bits per heavy atom. The molecule has 1 aliphatic heterocycles. The summed E-state index contributed by atoms with van der Waals surface area (Å²) in [7, 11) is 9.24. The summed E-state index contributed by atoms with van der Waals surface area (Å²) in [6.45, 7) is 31.1. The van der Waals surface area contributed by atoms with E-state index in [2.05, 4.69) is 22.9 Å². The fourth-order valence-electron chi connectivity index (χ4n) is 16.4. The number of hydrogen-bond donors (Lipinski definition) is 4. The molecule has 0 saturated carbocycles. The Balaban J connectivity index is 0.000000671. The number of likely N-dealkylation sites (N-methyl/N-ethyl adjacent to an activating group) is 2. The molecule has 0 bridgehead atoms. The third-order valence-corrected chi connectivity index (χ3v) is 25.8. The third-order valence-electron chi connectivity index (χ3n) is 24.7. The lowest BCUT2D eigenvalue weighted by Gasteiger charge is -2.41. The van der Waals surface area contributed by atoms with Gasteiger partial charge in [-0.3, -0.25) is 38.4 Å². The maximum atomic E-state index is 14.4. The topological polar surface area (TPSA) is 412 Å². The molecule has 1 aromatic heterocycles. The lowest BCUT2D eigenvalue weighted by atomic mass is 9.83. The molecular formula is C106H174N8O28S2. The van der Waals surface area contributed by atoms with Crippen molar-refractivity contribution in [3.63, 3.8) is 0 Å². The van der Waals surface area contributed by atoms with Gasteiger partial charge in [-0.2, -0.15) is 23.5 Å². The van der Waals surface area contributed by atoms with Crippen molar-refractivity contribution < 1.29 is 134 Å². The number of carbonyl (C=O) groups is 9. The summed E-state index contributed by atoms with van der Waals surface area (Å²) in [5.41, 5.74) is 6.61. The van der Waals surface area contributed by atoms with Crippen LogP contribution >= 0.6 is 23.5 Å². The summed E-state index contributed by atoms with van der Waals surface area (Å²) >= 11 is 3.41. The van der Waals surface area contributed by atoms with Crippen LogP contribution in [0.1, 0.15) is 185 Å². The van der Waals surface area contributed by atoms with E-state index >= 15 is 0 Å². The van der Waals surface area contributed by atoms with Crippen LogP contribution in [0.2, 0.25) is 0 Å². The van der Waals surface area contributed by atoms with Gasteiger partial charge in [-0.15, -0.1) is 0 Å². The molecule has 0 radical (unpaired) electrons. The summed E-state index contributed by atoms with van der Waals surface area (Å²) < 4.78 is 99.1. The highest BCUT2D eigenvalue weighted by molar-refractivity contribution is 7.98. The number of aliphatic hydroxyl groups is 1. The third kappa shape index (κ3) is 52.7. The van der Waals surface area contributed by atoms with Crippen LogP contribution in [0, 0.1) is 35.5 Å². The van der Waals surface area contributed by atoms with Gasteiger partial charge in [0, 0.05) is 122 Å². The number of likely N-dealkylation sites (tertiary alicyclic amines) is 1. The van der Waals surface area contributed by atoms with Crippen LogP contribution in [0.4, 0.5) is 10.5 Å². The predicted octanol–water partition coefficient (Wildman–Crippen LogP) is 12.1. The zero-order valence-electron chi connectivity index (χ0n) is 89.2. The molecule has 36 nitrogen and oxygen atoms in total. The number of unbranched alkanes of at least 4 members (excludes halogenated alkanes) is 1. The van der Waals surface area contributed by atoms with Crippen LogP contribution in [-0.2, 0) is 137 Å². The number of aromatic nitrogens is 2. The van der Waals surface area contributed by atoms with Gasteiger partial charge in [0.1, 0.15) is 5.78 Å². The Morgan fingerprint density at radius 3 is 1.48 bits per heavy atom. The summed E-state index contributed by atoms with van der Waals surface area (Å²) in [5.74, 6) is -1.97. The van der Waals surface area contributed by atoms with Crippen molar-refractivity contribution in [2.24, 2.45) is 35.5 Å². The second kappa shape index (κ2) is 79.7. The number of Topliss-reactive ketones (excluding diaryl/α,β-unsaturated/α-hetero) is 3. The molecule has 1 saturated heterocycles. The van der Waals surface area contributed by atoms with E-state index in [9.17, 15) is 48.3 Å². The molecule has 11 atom stereocenters. The van der Waals surface area contributed by atoms with Gasteiger partial charge >= 0.3 is 6.09 Å². The normalized spacial score (nSPS) is 14.8.